The molecule has 0 unspecified atom stereocenters. The van der Waals surface area contributed by atoms with Gasteiger partial charge in [-0.1, -0.05) is 23.7 Å². The number of nitrogens with one attached hydrogen (secondary N) is 2. The van der Waals surface area contributed by atoms with Crippen molar-refractivity contribution in [3.8, 4) is 5.75 Å². The molecule has 0 aliphatic carbocycles. The lowest BCUT2D eigenvalue weighted by Gasteiger charge is -2.11. The first kappa shape index (κ1) is 19.4. The van der Waals surface area contributed by atoms with Gasteiger partial charge in [0.25, 0.3) is 0 Å². The number of methoxy groups -OCH3 is 1. The number of halogens is 2. The molecule has 0 aliphatic heterocycles. The number of anilines is 3. The van der Waals surface area contributed by atoms with Crippen LogP contribution >= 0.6 is 27.5 Å². The smallest absolute Gasteiger partial charge is 0.141 e. The maximum Gasteiger partial charge on any atom is 0.141 e. The van der Waals surface area contributed by atoms with Crippen molar-refractivity contribution < 1.29 is 4.74 Å². The van der Waals surface area contributed by atoms with Gasteiger partial charge in [-0.05, 0) is 57.9 Å². The van der Waals surface area contributed by atoms with Crippen LogP contribution in [0.25, 0.3) is 10.9 Å². The highest BCUT2D eigenvalue weighted by Crippen LogP contribution is 2.29. The molecule has 4 rings (SSSR count). The molecule has 6 nitrogen and oxygen atoms in total. The number of nitrogens with zero attached hydrogens (tertiary/aromatic N) is 3. The summed E-state index contributed by atoms with van der Waals surface area (Å²) in [5.41, 5.74) is 2.75. The predicted molar refractivity (Wildman–Crippen MR) is 120 cm³/mol. The number of fused-ring (bicyclic) bond motifs is 1. The van der Waals surface area contributed by atoms with E-state index in [1.807, 2.05) is 48.5 Å². The molecule has 2 aromatic heterocycles. The molecule has 2 N–H and O–H groups in total. The maximum absolute atomic E-state index is 6.08. The van der Waals surface area contributed by atoms with Crippen molar-refractivity contribution in [3.05, 3.63) is 76.1 Å². The van der Waals surface area contributed by atoms with Crippen LogP contribution in [-0.2, 0) is 6.54 Å². The molecule has 146 valence electrons. The summed E-state index contributed by atoms with van der Waals surface area (Å²) in [6, 6.07) is 15.5. The fourth-order valence-corrected chi connectivity index (χ4v) is 3.30. The average molecular weight is 471 g/mol. The van der Waals surface area contributed by atoms with Gasteiger partial charge in [0.15, 0.2) is 0 Å². The monoisotopic (exact) mass is 469 g/mol. The third-order valence-electron chi connectivity index (χ3n) is 4.34. The Kier molecular flexibility index (Phi) is 5.78. The largest absolute Gasteiger partial charge is 0.497 e. The molecule has 4 aromatic rings. The van der Waals surface area contributed by atoms with Crippen LogP contribution in [0.4, 0.5) is 17.3 Å². The lowest BCUT2D eigenvalue weighted by molar-refractivity contribution is 0.414. The Morgan fingerprint density at radius 1 is 1.03 bits per heavy atom. The van der Waals surface area contributed by atoms with Crippen molar-refractivity contribution in [2.75, 3.05) is 17.7 Å². The van der Waals surface area contributed by atoms with Crippen molar-refractivity contribution in [1.82, 2.24) is 15.0 Å². The second-order valence-electron chi connectivity index (χ2n) is 6.26. The summed E-state index contributed by atoms with van der Waals surface area (Å²) in [5, 5.41) is 8.17. The molecule has 0 aliphatic rings. The normalized spacial score (nSPS) is 10.7. The van der Waals surface area contributed by atoms with Crippen molar-refractivity contribution in [3.63, 3.8) is 0 Å². The Hall–Kier alpha value is -2.90. The lowest BCUT2D eigenvalue weighted by atomic mass is 10.2. The number of rotatable bonds is 6. The summed E-state index contributed by atoms with van der Waals surface area (Å²) < 4.78 is 6.00. The minimum absolute atomic E-state index is 0.642. The van der Waals surface area contributed by atoms with E-state index < -0.39 is 0 Å². The van der Waals surface area contributed by atoms with E-state index in [1.54, 1.807) is 13.3 Å². The summed E-state index contributed by atoms with van der Waals surface area (Å²) >= 11 is 9.52. The minimum atomic E-state index is 0.642. The molecular weight excluding hydrogens is 454 g/mol. The van der Waals surface area contributed by atoms with Crippen LogP contribution in [0.15, 0.2) is 65.5 Å². The van der Waals surface area contributed by atoms with Crippen LogP contribution in [0.1, 0.15) is 5.56 Å². The summed E-state index contributed by atoms with van der Waals surface area (Å²) in [6.45, 7) is 0.642. The summed E-state index contributed by atoms with van der Waals surface area (Å²) in [7, 11) is 1.66. The summed E-state index contributed by atoms with van der Waals surface area (Å²) in [6.07, 6.45) is 3.25. The molecule has 0 spiro atoms. The topological polar surface area (TPSA) is 72.0 Å². The van der Waals surface area contributed by atoms with Crippen LogP contribution in [0, 0.1) is 0 Å². The van der Waals surface area contributed by atoms with Gasteiger partial charge in [0.2, 0.25) is 0 Å². The van der Waals surface area contributed by atoms with E-state index in [9.17, 15) is 0 Å². The Morgan fingerprint density at radius 2 is 1.86 bits per heavy atom. The van der Waals surface area contributed by atoms with Crippen molar-refractivity contribution in [1.29, 1.82) is 0 Å². The molecular formula is C21H17BrClN5O. The average Bonchev–Trinajstić information content (AvgIpc) is 2.75. The van der Waals surface area contributed by atoms with E-state index in [-0.39, 0.29) is 0 Å². The Balaban J connectivity index is 1.57. The molecule has 2 aromatic carbocycles. The van der Waals surface area contributed by atoms with Gasteiger partial charge in [-0.2, -0.15) is 0 Å². The number of hydrogen-bond donors (Lipinski definition) is 2. The Labute approximate surface area is 181 Å². The lowest BCUT2D eigenvalue weighted by Crippen LogP contribution is -2.02. The number of hydrogen-bond acceptors (Lipinski definition) is 6. The Morgan fingerprint density at radius 3 is 2.62 bits per heavy atom. The molecule has 0 radical (unpaired) electrons. The van der Waals surface area contributed by atoms with Gasteiger partial charge in [0.1, 0.15) is 23.7 Å². The van der Waals surface area contributed by atoms with Gasteiger partial charge in [-0.25, -0.2) is 15.0 Å². The zero-order valence-corrected chi connectivity index (χ0v) is 17.8. The first-order chi connectivity index (χ1) is 14.1. The SMILES string of the molecule is COc1ccc(CNc2cc3c(Nc4ccc(Cl)c(Br)c4)ncnc3cn2)cc1. The van der Waals surface area contributed by atoms with Gasteiger partial charge < -0.3 is 15.4 Å². The van der Waals surface area contributed by atoms with Crippen molar-refractivity contribution in [2.45, 2.75) is 6.54 Å². The third kappa shape index (κ3) is 4.58. The van der Waals surface area contributed by atoms with Crippen molar-refractivity contribution in [2.24, 2.45) is 0 Å². The van der Waals surface area contributed by atoms with E-state index in [4.69, 9.17) is 16.3 Å². The number of benzene rings is 2. The second kappa shape index (κ2) is 8.63. The fourth-order valence-electron chi connectivity index (χ4n) is 2.80. The fraction of sp³-hybridized carbons (Fsp3) is 0.0952. The van der Waals surface area contributed by atoms with Gasteiger partial charge in [-0.15, -0.1) is 0 Å². The van der Waals surface area contributed by atoms with E-state index in [1.165, 1.54) is 6.33 Å². The van der Waals surface area contributed by atoms with Crippen molar-refractivity contribution >= 4 is 55.8 Å². The quantitative estimate of drug-likeness (QED) is 0.371. The molecule has 29 heavy (non-hydrogen) atoms. The van der Waals surface area contributed by atoms with E-state index in [2.05, 4.69) is 41.5 Å². The van der Waals surface area contributed by atoms with Crippen LogP contribution in [0.5, 0.6) is 5.75 Å². The minimum Gasteiger partial charge on any atom is -0.497 e. The molecule has 0 fully saturated rings. The molecule has 0 saturated heterocycles. The van der Waals surface area contributed by atoms with E-state index in [0.717, 1.165) is 38.2 Å². The zero-order chi connectivity index (χ0) is 20.2. The molecule has 0 atom stereocenters. The highest BCUT2D eigenvalue weighted by atomic mass is 79.9. The summed E-state index contributed by atoms with van der Waals surface area (Å²) in [5.74, 6) is 2.27. The second-order valence-corrected chi connectivity index (χ2v) is 7.53. The molecule has 8 heteroatoms. The molecule has 0 amide bonds. The predicted octanol–water partition coefficient (Wildman–Crippen LogP) is 5.81. The standard InChI is InChI=1S/C21H17BrClN5O/c1-29-15-5-2-13(3-6-15)10-24-20-9-16-19(11-25-20)26-12-27-21(16)28-14-4-7-18(23)17(22)8-14/h2-9,11-12H,10H2,1H3,(H,24,25)(H,26,27,28). The number of pyridine rings is 1. The van der Waals surface area contributed by atoms with Crippen LogP contribution in [0.3, 0.4) is 0 Å². The highest BCUT2D eigenvalue weighted by molar-refractivity contribution is 9.10. The Bertz CT molecular complexity index is 1150. The third-order valence-corrected chi connectivity index (χ3v) is 5.55. The van der Waals surface area contributed by atoms with E-state index >= 15 is 0 Å². The zero-order valence-electron chi connectivity index (χ0n) is 15.5. The number of ether oxygens (including phenoxy) is 1. The van der Waals surface area contributed by atoms with Crippen LogP contribution in [-0.4, -0.2) is 22.1 Å². The highest BCUT2D eigenvalue weighted by Gasteiger charge is 2.08. The van der Waals surface area contributed by atoms with Gasteiger partial charge in [-0.3, -0.25) is 0 Å². The molecule has 0 bridgehead atoms. The number of aromatic nitrogens is 3. The van der Waals surface area contributed by atoms with E-state index in [0.29, 0.717) is 17.4 Å². The van der Waals surface area contributed by atoms with Crippen LogP contribution < -0.4 is 15.4 Å². The van der Waals surface area contributed by atoms with Crippen LogP contribution in [0.2, 0.25) is 5.02 Å². The first-order valence-corrected chi connectivity index (χ1v) is 9.99. The first-order valence-electron chi connectivity index (χ1n) is 8.82. The van der Waals surface area contributed by atoms with Gasteiger partial charge >= 0.3 is 0 Å². The van der Waals surface area contributed by atoms with Gasteiger partial charge in [0, 0.05) is 22.1 Å². The summed E-state index contributed by atoms with van der Waals surface area (Å²) in [4.78, 5) is 13.2. The maximum atomic E-state index is 6.08. The van der Waals surface area contributed by atoms with Gasteiger partial charge in [0.05, 0.1) is 23.8 Å². The molecule has 0 saturated carbocycles. The molecule has 2 heterocycles.